The zero-order valence-electron chi connectivity index (χ0n) is 8.57. The fourth-order valence-corrected chi connectivity index (χ4v) is 1.47. The lowest BCUT2D eigenvalue weighted by atomic mass is 10.0. The summed E-state index contributed by atoms with van der Waals surface area (Å²) < 4.78 is 10.2. The fourth-order valence-electron chi connectivity index (χ4n) is 1.47. The number of Topliss-reactive ketones (excluding diaryl/α,β-unsaturated/α-hetero) is 1. The average Bonchev–Trinajstić information content (AvgIpc) is 2.11. The Kier molecular flexibility index (Phi) is 3.60. The van der Waals surface area contributed by atoms with Crippen LogP contribution in [0.3, 0.4) is 0 Å². The van der Waals surface area contributed by atoms with E-state index < -0.39 is 18.4 Å². The topological polar surface area (TPSA) is 64.6 Å². The lowest BCUT2D eigenvalue weighted by Gasteiger charge is -2.31. The molecule has 1 aliphatic rings. The third kappa shape index (κ3) is 2.52. The molecule has 1 fully saturated rings. The van der Waals surface area contributed by atoms with E-state index in [4.69, 9.17) is 9.47 Å². The molecule has 0 spiro atoms. The molecule has 0 saturated carbocycles. The molecule has 1 N–H and O–H groups in total. The van der Waals surface area contributed by atoms with Gasteiger partial charge >= 0.3 is 0 Å². The van der Waals surface area contributed by atoms with Crippen molar-refractivity contribution < 1.29 is 19.1 Å². The van der Waals surface area contributed by atoms with Crippen LogP contribution in [0.4, 0.5) is 0 Å². The summed E-state index contributed by atoms with van der Waals surface area (Å²) in [5.74, 6) is -0.319. The molecular weight excluding hydrogens is 186 g/mol. The van der Waals surface area contributed by atoms with Crippen molar-refractivity contribution in [2.75, 3.05) is 7.11 Å². The Morgan fingerprint density at radius 3 is 2.79 bits per heavy atom. The third-order valence-electron chi connectivity index (χ3n) is 2.17. The van der Waals surface area contributed by atoms with Crippen molar-refractivity contribution in [3.05, 3.63) is 0 Å². The van der Waals surface area contributed by atoms with Gasteiger partial charge in [0.1, 0.15) is 6.10 Å². The van der Waals surface area contributed by atoms with Crippen molar-refractivity contribution in [1.82, 2.24) is 5.32 Å². The molecule has 1 saturated heterocycles. The van der Waals surface area contributed by atoms with E-state index in [1.54, 1.807) is 6.92 Å². The summed E-state index contributed by atoms with van der Waals surface area (Å²) in [4.78, 5) is 22.3. The molecule has 0 aromatic rings. The number of hydrogen-bond donors (Lipinski definition) is 1. The second kappa shape index (κ2) is 4.52. The number of nitrogens with one attached hydrogen (secondary N) is 1. The minimum absolute atomic E-state index is 0.103. The molecule has 0 radical (unpaired) electrons. The summed E-state index contributed by atoms with van der Waals surface area (Å²) in [7, 11) is 1.51. The highest BCUT2D eigenvalue weighted by molar-refractivity contribution is 5.91. The maximum absolute atomic E-state index is 11.5. The van der Waals surface area contributed by atoms with Crippen LogP contribution in [0.5, 0.6) is 0 Å². The van der Waals surface area contributed by atoms with Crippen molar-refractivity contribution in [3.63, 3.8) is 0 Å². The maximum Gasteiger partial charge on any atom is 0.217 e. The molecule has 5 heteroatoms. The predicted octanol–water partition coefficient (Wildman–Crippen LogP) is -0.159. The minimum atomic E-state index is -0.523. The van der Waals surface area contributed by atoms with Crippen molar-refractivity contribution in [1.29, 1.82) is 0 Å². The number of carbonyl (C=O) groups excluding carboxylic acids is 2. The Labute approximate surface area is 82.8 Å². The summed E-state index contributed by atoms with van der Waals surface area (Å²) in [5, 5.41) is 2.58. The Morgan fingerprint density at radius 2 is 2.29 bits per heavy atom. The molecule has 14 heavy (non-hydrogen) atoms. The van der Waals surface area contributed by atoms with Crippen LogP contribution < -0.4 is 5.32 Å². The molecule has 1 amide bonds. The van der Waals surface area contributed by atoms with Crippen molar-refractivity contribution in [3.8, 4) is 0 Å². The first-order valence-electron chi connectivity index (χ1n) is 4.53. The smallest absolute Gasteiger partial charge is 0.217 e. The van der Waals surface area contributed by atoms with Gasteiger partial charge in [0.05, 0.1) is 6.04 Å². The van der Waals surface area contributed by atoms with Crippen LogP contribution in [-0.4, -0.2) is 37.2 Å². The van der Waals surface area contributed by atoms with Gasteiger partial charge in [0, 0.05) is 20.5 Å². The number of rotatable bonds is 2. The SMILES string of the molecule is COC1CC(NC(C)=O)C(=O)C(C)O1. The molecule has 1 heterocycles. The Morgan fingerprint density at radius 1 is 1.64 bits per heavy atom. The van der Waals surface area contributed by atoms with Gasteiger partial charge in [-0.15, -0.1) is 0 Å². The van der Waals surface area contributed by atoms with E-state index in [-0.39, 0.29) is 11.7 Å². The molecule has 80 valence electrons. The molecular formula is C9H15NO4. The van der Waals surface area contributed by atoms with Gasteiger partial charge in [0.2, 0.25) is 5.91 Å². The summed E-state index contributed by atoms with van der Waals surface area (Å²) in [6.07, 6.45) is -0.565. The maximum atomic E-state index is 11.5. The zero-order valence-corrected chi connectivity index (χ0v) is 8.57. The van der Waals surface area contributed by atoms with Crippen LogP contribution in [0, 0.1) is 0 Å². The molecule has 3 atom stereocenters. The molecule has 1 rings (SSSR count). The average molecular weight is 201 g/mol. The lowest BCUT2D eigenvalue weighted by Crippen LogP contribution is -2.52. The molecule has 0 aliphatic carbocycles. The highest BCUT2D eigenvalue weighted by Crippen LogP contribution is 2.16. The Hall–Kier alpha value is -0.940. The number of hydrogen-bond acceptors (Lipinski definition) is 4. The summed E-state index contributed by atoms with van der Waals surface area (Å²) in [5.41, 5.74) is 0. The van der Waals surface area contributed by atoms with E-state index in [0.717, 1.165) is 0 Å². The van der Waals surface area contributed by atoms with E-state index in [1.807, 2.05) is 0 Å². The number of ketones is 1. The van der Waals surface area contributed by atoms with Crippen LogP contribution in [0.15, 0.2) is 0 Å². The number of methoxy groups -OCH3 is 1. The predicted molar refractivity (Wildman–Crippen MR) is 48.6 cm³/mol. The normalized spacial score (nSPS) is 32.8. The molecule has 0 aromatic heterocycles. The molecule has 0 aromatic carbocycles. The number of ether oxygens (including phenoxy) is 2. The Balaban J connectivity index is 2.62. The monoisotopic (exact) mass is 201 g/mol. The summed E-state index contributed by atoms with van der Waals surface area (Å²) >= 11 is 0. The zero-order chi connectivity index (χ0) is 10.7. The summed E-state index contributed by atoms with van der Waals surface area (Å²) in [6.45, 7) is 3.04. The van der Waals surface area contributed by atoms with Gasteiger partial charge in [-0.2, -0.15) is 0 Å². The first kappa shape index (κ1) is 11.1. The largest absolute Gasteiger partial charge is 0.356 e. The van der Waals surface area contributed by atoms with E-state index >= 15 is 0 Å². The minimum Gasteiger partial charge on any atom is -0.356 e. The molecule has 3 unspecified atom stereocenters. The van der Waals surface area contributed by atoms with E-state index in [9.17, 15) is 9.59 Å². The number of carbonyl (C=O) groups is 2. The lowest BCUT2D eigenvalue weighted by molar-refractivity contribution is -0.187. The van der Waals surface area contributed by atoms with Crippen LogP contribution in [0.2, 0.25) is 0 Å². The number of amides is 1. The van der Waals surface area contributed by atoms with Crippen LogP contribution >= 0.6 is 0 Å². The standard InChI is InChI=1S/C9H15NO4/c1-5-9(12)7(10-6(2)11)4-8(13-3)14-5/h5,7-8H,4H2,1-3H3,(H,10,11). The highest BCUT2D eigenvalue weighted by Gasteiger charge is 2.35. The first-order chi connectivity index (χ1) is 6.54. The van der Waals surface area contributed by atoms with Gasteiger partial charge in [-0.05, 0) is 6.92 Å². The molecule has 5 nitrogen and oxygen atoms in total. The fraction of sp³-hybridized carbons (Fsp3) is 0.778. The second-order valence-electron chi connectivity index (χ2n) is 3.33. The van der Waals surface area contributed by atoms with Gasteiger partial charge in [-0.3, -0.25) is 9.59 Å². The Bertz CT molecular complexity index is 241. The van der Waals surface area contributed by atoms with Gasteiger partial charge in [0.15, 0.2) is 12.1 Å². The quantitative estimate of drug-likeness (QED) is 0.674. The molecule has 1 aliphatic heterocycles. The summed E-state index contributed by atoms with van der Waals surface area (Å²) in [6, 6.07) is -0.485. The van der Waals surface area contributed by atoms with Crippen LogP contribution in [0.25, 0.3) is 0 Å². The van der Waals surface area contributed by atoms with Gasteiger partial charge in [-0.25, -0.2) is 0 Å². The van der Waals surface area contributed by atoms with E-state index in [2.05, 4.69) is 5.32 Å². The van der Waals surface area contributed by atoms with Gasteiger partial charge < -0.3 is 14.8 Å². The van der Waals surface area contributed by atoms with Crippen LogP contribution in [-0.2, 0) is 19.1 Å². The van der Waals surface area contributed by atoms with Crippen molar-refractivity contribution in [2.24, 2.45) is 0 Å². The third-order valence-corrected chi connectivity index (χ3v) is 2.17. The second-order valence-corrected chi connectivity index (χ2v) is 3.33. The van der Waals surface area contributed by atoms with E-state index in [0.29, 0.717) is 6.42 Å². The molecule has 0 bridgehead atoms. The van der Waals surface area contributed by atoms with E-state index in [1.165, 1.54) is 14.0 Å². The van der Waals surface area contributed by atoms with Crippen LogP contribution in [0.1, 0.15) is 20.3 Å². The van der Waals surface area contributed by atoms with Gasteiger partial charge in [-0.1, -0.05) is 0 Å². The van der Waals surface area contributed by atoms with Gasteiger partial charge in [0.25, 0.3) is 0 Å². The first-order valence-corrected chi connectivity index (χ1v) is 4.53. The highest BCUT2D eigenvalue weighted by atomic mass is 16.7. The van der Waals surface area contributed by atoms with Crippen molar-refractivity contribution in [2.45, 2.75) is 38.7 Å². The van der Waals surface area contributed by atoms with Crippen molar-refractivity contribution >= 4 is 11.7 Å².